The summed E-state index contributed by atoms with van der Waals surface area (Å²) in [5.41, 5.74) is 3.77. The molecule has 0 saturated carbocycles. The summed E-state index contributed by atoms with van der Waals surface area (Å²) in [6.07, 6.45) is 0. The average molecular weight is 248 g/mol. The summed E-state index contributed by atoms with van der Waals surface area (Å²) >= 11 is 0. The normalized spacial score (nSPS) is 10.6. The minimum atomic E-state index is 0.890. The number of aryl methyl sites for hydroxylation is 1. The average Bonchev–Trinajstić information content (AvgIpc) is 2.47. The molecule has 0 radical (unpaired) electrons. The molecule has 0 amide bonds. The Morgan fingerprint density at radius 3 is 2.26 bits per heavy atom. The summed E-state index contributed by atoms with van der Waals surface area (Å²) in [4.78, 5) is 0. The second-order valence-electron chi connectivity index (χ2n) is 4.74. The molecule has 1 heteroatoms. The molecular formula is C18H16O. The van der Waals surface area contributed by atoms with Crippen LogP contribution < -0.4 is 4.74 Å². The second-order valence-corrected chi connectivity index (χ2v) is 4.74. The van der Waals surface area contributed by atoms with Crippen LogP contribution >= 0.6 is 0 Å². The first kappa shape index (κ1) is 11.8. The molecule has 3 rings (SSSR count). The minimum Gasteiger partial charge on any atom is -0.497 e. The zero-order valence-electron chi connectivity index (χ0n) is 11.2. The van der Waals surface area contributed by atoms with Crippen molar-refractivity contribution in [3.63, 3.8) is 0 Å². The predicted molar refractivity (Wildman–Crippen MR) is 80.7 cm³/mol. The predicted octanol–water partition coefficient (Wildman–Crippen LogP) is 4.82. The molecule has 0 atom stereocenters. The molecule has 3 aromatic rings. The van der Waals surface area contributed by atoms with Gasteiger partial charge in [-0.05, 0) is 52.6 Å². The highest BCUT2D eigenvalue weighted by atomic mass is 16.5. The fourth-order valence-corrected chi connectivity index (χ4v) is 2.39. The van der Waals surface area contributed by atoms with E-state index in [4.69, 9.17) is 4.74 Å². The van der Waals surface area contributed by atoms with Crippen molar-refractivity contribution in [2.24, 2.45) is 0 Å². The van der Waals surface area contributed by atoms with Crippen LogP contribution in [0.3, 0.4) is 0 Å². The summed E-state index contributed by atoms with van der Waals surface area (Å²) < 4.78 is 5.19. The Morgan fingerprint density at radius 1 is 0.789 bits per heavy atom. The molecule has 0 fully saturated rings. The maximum Gasteiger partial charge on any atom is 0.118 e. The lowest BCUT2D eigenvalue weighted by Gasteiger charge is -2.07. The molecule has 94 valence electrons. The van der Waals surface area contributed by atoms with E-state index in [0.717, 1.165) is 5.75 Å². The van der Waals surface area contributed by atoms with Crippen molar-refractivity contribution in [2.45, 2.75) is 6.92 Å². The zero-order valence-corrected chi connectivity index (χ0v) is 11.2. The Balaban J connectivity index is 2.11. The third kappa shape index (κ3) is 2.19. The van der Waals surface area contributed by atoms with Crippen LogP contribution in [-0.2, 0) is 0 Å². The lowest BCUT2D eigenvalue weighted by molar-refractivity contribution is 0.415. The van der Waals surface area contributed by atoms with Gasteiger partial charge in [0.2, 0.25) is 0 Å². The molecule has 0 spiro atoms. The van der Waals surface area contributed by atoms with Gasteiger partial charge in [0.05, 0.1) is 7.11 Å². The van der Waals surface area contributed by atoms with Crippen molar-refractivity contribution in [1.82, 2.24) is 0 Å². The largest absolute Gasteiger partial charge is 0.497 e. The number of fused-ring (bicyclic) bond motifs is 1. The molecule has 0 aromatic heterocycles. The molecule has 19 heavy (non-hydrogen) atoms. The van der Waals surface area contributed by atoms with Crippen molar-refractivity contribution in [3.8, 4) is 16.9 Å². The molecular weight excluding hydrogens is 232 g/mol. The summed E-state index contributed by atoms with van der Waals surface area (Å²) in [7, 11) is 1.69. The SMILES string of the molecule is COc1ccc(-c2ccc3cccc(C)c3c2)cc1. The zero-order chi connectivity index (χ0) is 13.2. The van der Waals surface area contributed by atoms with Crippen molar-refractivity contribution in [2.75, 3.05) is 7.11 Å². The Bertz CT molecular complexity index is 711. The van der Waals surface area contributed by atoms with Gasteiger partial charge in [0.15, 0.2) is 0 Å². The van der Waals surface area contributed by atoms with Crippen LogP contribution in [0.5, 0.6) is 5.75 Å². The molecule has 0 aliphatic heterocycles. The third-order valence-corrected chi connectivity index (χ3v) is 3.52. The molecule has 3 aromatic carbocycles. The summed E-state index contributed by atoms with van der Waals surface area (Å²) in [5.74, 6) is 0.890. The van der Waals surface area contributed by atoms with Gasteiger partial charge in [-0.3, -0.25) is 0 Å². The number of benzene rings is 3. The Labute approximate surface area is 113 Å². The Hall–Kier alpha value is -2.28. The van der Waals surface area contributed by atoms with E-state index in [1.165, 1.54) is 27.5 Å². The number of methoxy groups -OCH3 is 1. The lowest BCUT2D eigenvalue weighted by atomic mass is 9.99. The van der Waals surface area contributed by atoms with Crippen LogP contribution in [0.2, 0.25) is 0 Å². The van der Waals surface area contributed by atoms with Gasteiger partial charge < -0.3 is 4.74 Å². The topological polar surface area (TPSA) is 9.23 Å². The Kier molecular flexibility index (Phi) is 2.96. The van der Waals surface area contributed by atoms with Crippen LogP contribution in [0.15, 0.2) is 60.7 Å². The van der Waals surface area contributed by atoms with E-state index in [0.29, 0.717) is 0 Å². The second kappa shape index (κ2) is 4.77. The van der Waals surface area contributed by atoms with Crippen LogP contribution in [0.1, 0.15) is 5.56 Å². The van der Waals surface area contributed by atoms with E-state index >= 15 is 0 Å². The van der Waals surface area contributed by atoms with Crippen molar-refractivity contribution < 1.29 is 4.74 Å². The van der Waals surface area contributed by atoms with Crippen LogP contribution in [0.4, 0.5) is 0 Å². The highest BCUT2D eigenvalue weighted by Crippen LogP contribution is 2.27. The van der Waals surface area contributed by atoms with Gasteiger partial charge >= 0.3 is 0 Å². The maximum absolute atomic E-state index is 5.19. The van der Waals surface area contributed by atoms with E-state index in [1.807, 2.05) is 12.1 Å². The first-order valence-electron chi connectivity index (χ1n) is 6.42. The maximum atomic E-state index is 5.19. The van der Waals surface area contributed by atoms with Crippen LogP contribution in [0, 0.1) is 6.92 Å². The van der Waals surface area contributed by atoms with Gasteiger partial charge in [-0.1, -0.05) is 42.5 Å². The fourth-order valence-electron chi connectivity index (χ4n) is 2.39. The van der Waals surface area contributed by atoms with Crippen molar-refractivity contribution in [1.29, 1.82) is 0 Å². The fraction of sp³-hybridized carbons (Fsp3) is 0.111. The molecule has 0 bridgehead atoms. The first-order chi connectivity index (χ1) is 9.28. The Morgan fingerprint density at radius 2 is 1.53 bits per heavy atom. The first-order valence-corrected chi connectivity index (χ1v) is 6.42. The van der Waals surface area contributed by atoms with E-state index in [2.05, 4.69) is 55.5 Å². The molecule has 0 heterocycles. The minimum absolute atomic E-state index is 0.890. The van der Waals surface area contributed by atoms with Crippen molar-refractivity contribution >= 4 is 10.8 Å². The molecule has 0 N–H and O–H groups in total. The van der Waals surface area contributed by atoms with Gasteiger partial charge in [-0.25, -0.2) is 0 Å². The van der Waals surface area contributed by atoms with Crippen LogP contribution in [0.25, 0.3) is 21.9 Å². The summed E-state index contributed by atoms with van der Waals surface area (Å²) in [6, 6.07) is 21.2. The number of rotatable bonds is 2. The monoisotopic (exact) mass is 248 g/mol. The highest BCUT2D eigenvalue weighted by Gasteiger charge is 2.02. The van der Waals surface area contributed by atoms with Crippen LogP contribution in [-0.4, -0.2) is 7.11 Å². The van der Waals surface area contributed by atoms with E-state index in [1.54, 1.807) is 7.11 Å². The lowest BCUT2D eigenvalue weighted by Crippen LogP contribution is -1.84. The summed E-state index contributed by atoms with van der Waals surface area (Å²) in [5, 5.41) is 2.60. The molecule has 0 aliphatic carbocycles. The third-order valence-electron chi connectivity index (χ3n) is 3.52. The molecule has 0 unspecified atom stereocenters. The van der Waals surface area contributed by atoms with Crippen molar-refractivity contribution in [3.05, 3.63) is 66.2 Å². The smallest absolute Gasteiger partial charge is 0.118 e. The number of hydrogen-bond acceptors (Lipinski definition) is 1. The van der Waals surface area contributed by atoms with Gasteiger partial charge in [-0.2, -0.15) is 0 Å². The molecule has 0 aliphatic rings. The van der Waals surface area contributed by atoms with E-state index < -0.39 is 0 Å². The quantitative estimate of drug-likeness (QED) is 0.631. The number of ether oxygens (including phenoxy) is 1. The van der Waals surface area contributed by atoms with E-state index in [-0.39, 0.29) is 0 Å². The van der Waals surface area contributed by atoms with Gasteiger partial charge in [0.25, 0.3) is 0 Å². The van der Waals surface area contributed by atoms with Gasteiger partial charge in [0, 0.05) is 0 Å². The van der Waals surface area contributed by atoms with Gasteiger partial charge in [-0.15, -0.1) is 0 Å². The van der Waals surface area contributed by atoms with Gasteiger partial charge in [0.1, 0.15) is 5.75 Å². The van der Waals surface area contributed by atoms with E-state index in [9.17, 15) is 0 Å². The summed E-state index contributed by atoms with van der Waals surface area (Å²) in [6.45, 7) is 2.15. The molecule has 0 saturated heterocycles. The highest BCUT2D eigenvalue weighted by molar-refractivity contribution is 5.89. The molecule has 1 nitrogen and oxygen atoms in total. The standard InChI is InChI=1S/C18H16O/c1-13-4-3-5-15-6-7-16(12-18(13)15)14-8-10-17(19-2)11-9-14/h3-12H,1-2H3. The number of hydrogen-bond donors (Lipinski definition) is 0.